The van der Waals surface area contributed by atoms with E-state index in [9.17, 15) is 0 Å². The van der Waals surface area contributed by atoms with E-state index in [1.54, 1.807) is 64.0 Å². The first kappa shape index (κ1) is 71.4. The zero-order chi connectivity index (χ0) is 51.1. The van der Waals surface area contributed by atoms with Gasteiger partial charge in [0.05, 0.1) is 17.5 Å². The van der Waals surface area contributed by atoms with Crippen LogP contribution >= 0.6 is 0 Å². The lowest BCUT2D eigenvalue weighted by atomic mass is 10.1. The van der Waals surface area contributed by atoms with E-state index < -0.39 is 26.4 Å². The van der Waals surface area contributed by atoms with Crippen molar-refractivity contribution in [1.29, 1.82) is 0 Å². The van der Waals surface area contributed by atoms with Crippen LogP contribution in [0.15, 0.2) is 0 Å². The average molecular weight is 1010 g/mol. The van der Waals surface area contributed by atoms with E-state index in [4.69, 9.17) is 39.8 Å². The maximum absolute atomic E-state index is 5.84. The minimum absolute atomic E-state index is 0.254. The maximum Gasteiger partial charge on any atom is 0.518 e. The summed E-state index contributed by atoms with van der Waals surface area (Å²) in [5.41, 5.74) is 0.509. The summed E-state index contributed by atoms with van der Waals surface area (Å²) in [7, 11) is 7.74. The SMILES string of the molecule is CCCCCCCCN(CCCCCCCC)C(CC)[Si](OC)(OC)OC.CCCCCCN(CCCCCC)C(CC)[Si](OC)(OC)OC.CCCCN(CCCC)C[Si](OC)(OC)OC. The van der Waals surface area contributed by atoms with Crippen molar-refractivity contribution >= 4 is 26.4 Å². The predicted molar refractivity (Wildman–Crippen MR) is 293 cm³/mol. The second kappa shape index (κ2) is 49.7. The third-order valence-electron chi connectivity index (χ3n) is 13.4. The van der Waals surface area contributed by atoms with Crippen LogP contribution in [0.4, 0.5) is 0 Å². The number of hydrogen-bond donors (Lipinski definition) is 0. The van der Waals surface area contributed by atoms with Gasteiger partial charge in [0, 0.05) is 64.0 Å². The van der Waals surface area contributed by atoms with E-state index in [1.807, 2.05) is 0 Å². The monoisotopic (exact) mass is 1010 g/mol. The van der Waals surface area contributed by atoms with Gasteiger partial charge >= 0.3 is 26.4 Å². The van der Waals surface area contributed by atoms with Crippen molar-refractivity contribution in [3.8, 4) is 0 Å². The molecule has 0 saturated carbocycles. The number of hydrogen-bond acceptors (Lipinski definition) is 12. The summed E-state index contributed by atoms with van der Waals surface area (Å²) in [4.78, 5) is 7.60. The Morgan fingerprint density at radius 1 is 0.284 bits per heavy atom. The summed E-state index contributed by atoms with van der Waals surface area (Å²) < 4.78 is 51.3. The standard InChI is InChI=1S/C22H49NO3Si.C18H41NO3Si.C12H29NO3Si/c1-7-10-12-14-16-18-20-23(21-19-17-15-13-11-8-2)22(9-3)27(24-4,25-5)26-6;1-7-10-12-14-16-19(17-15-13-11-8-2)18(9-3)23(20-4,21-5)22-6;1-6-8-10-13(11-9-7-2)12-17(14-3,15-4)16-5/h22H,7-21H2,1-6H3;18H,7-17H2,1-6H3;6-12H2,1-5H3. The second-order valence-electron chi connectivity index (χ2n) is 18.3. The summed E-state index contributed by atoms with van der Waals surface area (Å²) in [6.45, 7) is 24.6. The summed E-state index contributed by atoms with van der Waals surface area (Å²) in [6.07, 6.45) is 34.0. The molecule has 0 aliphatic carbocycles. The van der Waals surface area contributed by atoms with Gasteiger partial charge in [0.1, 0.15) is 0 Å². The Balaban J connectivity index is -0.000000941. The van der Waals surface area contributed by atoms with Crippen molar-refractivity contribution in [2.75, 3.05) is 109 Å². The van der Waals surface area contributed by atoms with Crippen LogP contribution < -0.4 is 0 Å². The van der Waals surface area contributed by atoms with Crippen LogP contribution in [0, 0.1) is 0 Å². The van der Waals surface area contributed by atoms with Crippen LogP contribution in [0.3, 0.4) is 0 Å². The smallest absolute Gasteiger partial charge is 0.376 e. The molecule has 0 amide bonds. The third kappa shape index (κ3) is 32.1. The number of rotatable bonds is 47. The van der Waals surface area contributed by atoms with Crippen LogP contribution in [-0.4, -0.2) is 162 Å². The minimum atomic E-state index is -2.65. The molecule has 0 aliphatic heterocycles. The molecule has 0 aromatic rings. The lowest BCUT2D eigenvalue weighted by Crippen LogP contribution is -2.61. The van der Waals surface area contributed by atoms with E-state index in [0.29, 0.717) is 0 Å². The van der Waals surface area contributed by atoms with Gasteiger partial charge in [-0.25, -0.2) is 0 Å². The van der Waals surface area contributed by atoms with Gasteiger partial charge in [0.25, 0.3) is 0 Å². The molecule has 0 fully saturated rings. The fraction of sp³-hybridized carbons (Fsp3) is 1.00. The molecule has 0 spiro atoms. The van der Waals surface area contributed by atoms with Crippen molar-refractivity contribution in [3.05, 3.63) is 0 Å². The molecular formula is C52H119N3O9Si3. The molecule has 2 atom stereocenters. The lowest BCUT2D eigenvalue weighted by molar-refractivity contribution is 0.0703. The second-order valence-corrected chi connectivity index (χ2v) is 27.4. The van der Waals surface area contributed by atoms with Crippen LogP contribution in [0.2, 0.25) is 0 Å². The normalized spacial score (nSPS) is 13.3. The van der Waals surface area contributed by atoms with Gasteiger partial charge in [-0.1, -0.05) is 171 Å². The van der Waals surface area contributed by atoms with E-state index >= 15 is 0 Å². The molecule has 0 aromatic carbocycles. The quantitative estimate of drug-likeness (QED) is 0.0429. The zero-order valence-electron chi connectivity index (χ0n) is 48.0. The highest BCUT2D eigenvalue weighted by molar-refractivity contribution is 6.62. The largest absolute Gasteiger partial charge is 0.518 e. The molecule has 0 radical (unpaired) electrons. The maximum atomic E-state index is 5.84. The first-order chi connectivity index (χ1) is 32.5. The van der Waals surface area contributed by atoms with E-state index in [0.717, 1.165) is 58.3 Å². The van der Waals surface area contributed by atoms with Crippen LogP contribution in [0.5, 0.6) is 0 Å². The van der Waals surface area contributed by atoms with Gasteiger partial charge in [-0.2, -0.15) is 0 Å². The third-order valence-corrected chi connectivity index (χ3v) is 22.7. The Morgan fingerprint density at radius 3 is 0.746 bits per heavy atom. The molecule has 12 nitrogen and oxygen atoms in total. The van der Waals surface area contributed by atoms with Crippen LogP contribution in [0.25, 0.3) is 0 Å². The van der Waals surface area contributed by atoms with Gasteiger partial charge < -0.3 is 39.8 Å². The van der Waals surface area contributed by atoms with Gasteiger partial charge in [-0.05, 0) is 90.6 Å². The molecule has 0 heterocycles. The minimum Gasteiger partial charge on any atom is -0.376 e. The van der Waals surface area contributed by atoms with Crippen molar-refractivity contribution < 1.29 is 39.8 Å². The molecule has 15 heteroatoms. The summed E-state index contributed by atoms with van der Waals surface area (Å²) in [5, 5.41) is 0. The van der Waals surface area contributed by atoms with E-state index in [-0.39, 0.29) is 11.3 Å². The number of unbranched alkanes of at least 4 members (excludes halogenated alkanes) is 18. The molecule has 0 saturated heterocycles. The summed E-state index contributed by atoms with van der Waals surface area (Å²) in [6, 6.07) is 0. The molecule has 67 heavy (non-hydrogen) atoms. The molecule has 0 aromatic heterocycles. The van der Waals surface area contributed by atoms with Crippen LogP contribution in [-0.2, 0) is 39.8 Å². The average Bonchev–Trinajstić information content (AvgIpc) is 3.36. The van der Waals surface area contributed by atoms with Crippen LogP contribution in [0.1, 0.15) is 222 Å². The van der Waals surface area contributed by atoms with E-state index in [1.165, 1.54) is 154 Å². The van der Waals surface area contributed by atoms with Gasteiger partial charge in [0.2, 0.25) is 0 Å². The Kier molecular flexibility index (Phi) is 53.0. The summed E-state index contributed by atoms with van der Waals surface area (Å²) in [5.74, 6) is 0. The molecule has 2 unspecified atom stereocenters. The molecule has 408 valence electrons. The topological polar surface area (TPSA) is 92.8 Å². The highest BCUT2D eigenvalue weighted by Gasteiger charge is 2.50. The van der Waals surface area contributed by atoms with Gasteiger partial charge in [-0.3, -0.25) is 14.7 Å². The molecule has 0 aliphatic rings. The Labute approximate surface area is 422 Å². The lowest BCUT2D eigenvalue weighted by Gasteiger charge is -2.39. The van der Waals surface area contributed by atoms with Gasteiger partial charge in [-0.15, -0.1) is 0 Å². The number of nitrogens with zero attached hydrogens (tertiary/aromatic N) is 3. The van der Waals surface area contributed by atoms with Crippen molar-refractivity contribution in [3.63, 3.8) is 0 Å². The van der Waals surface area contributed by atoms with E-state index in [2.05, 4.69) is 70.1 Å². The molecular weight excluding hydrogens is 895 g/mol. The fourth-order valence-corrected chi connectivity index (χ4v) is 15.8. The Morgan fingerprint density at radius 2 is 0.522 bits per heavy atom. The molecule has 0 N–H and O–H groups in total. The predicted octanol–water partition coefficient (Wildman–Crippen LogP) is 13.2. The highest BCUT2D eigenvalue weighted by Crippen LogP contribution is 2.24. The first-order valence-corrected chi connectivity index (χ1v) is 33.2. The molecule has 0 rings (SSSR count). The first-order valence-electron chi connectivity index (χ1n) is 27.6. The zero-order valence-corrected chi connectivity index (χ0v) is 51.0. The van der Waals surface area contributed by atoms with Crippen molar-refractivity contribution in [1.82, 2.24) is 14.7 Å². The molecule has 0 bridgehead atoms. The summed E-state index contributed by atoms with van der Waals surface area (Å²) >= 11 is 0. The highest BCUT2D eigenvalue weighted by atomic mass is 28.4. The van der Waals surface area contributed by atoms with Gasteiger partial charge in [0.15, 0.2) is 0 Å². The van der Waals surface area contributed by atoms with Crippen molar-refractivity contribution in [2.45, 2.75) is 234 Å². The van der Waals surface area contributed by atoms with Crippen molar-refractivity contribution in [2.24, 2.45) is 0 Å². The Bertz CT molecular complexity index is 927. The fourth-order valence-electron chi connectivity index (χ4n) is 9.05. The Hall–Kier alpha value is 0.171.